The molecule has 1 aliphatic rings. The minimum atomic E-state index is 0.0300. The number of fused-ring (bicyclic) bond motifs is 1. The lowest BCUT2D eigenvalue weighted by Gasteiger charge is -2.36. The molecule has 1 amide bonds. The van der Waals surface area contributed by atoms with Crippen molar-refractivity contribution in [3.63, 3.8) is 0 Å². The van der Waals surface area contributed by atoms with E-state index in [0.29, 0.717) is 5.69 Å². The second-order valence-corrected chi connectivity index (χ2v) is 7.06. The summed E-state index contributed by atoms with van der Waals surface area (Å²) in [6.07, 6.45) is 0. The van der Waals surface area contributed by atoms with Gasteiger partial charge in [0.05, 0.1) is 5.52 Å². The number of anilines is 1. The number of hydrogen-bond donors (Lipinski definition) is 0. The first-order valence-electron chi connectivity index (χ1n) is 9.08. The van der Waals surface area contributed by atoms with Gasteiger partial charge in [0, 0.05) is 44.3 Å². The lowest BCUT2D eigenvalue weighted by molar-refractivity contribution is 0.0742. The summed E-state index contributed by atoms with van der Waals surface area (Å²) >= 11 is 0. The molecule has 1 aromatic heterocycles. The highest BCUT2D eigenvalue weighted by Gasteiger charge is 2.26. The molecule has 0 unspecified atom stereocenters. The van der Waals surface area contributed by atoms with Gasteiger partial charge in [-0.25, -0.2) is 0 Å². The number of aromatic nitrogens is 2. The van der Waals surface area contributed by atoms with Gasteiger partial charge < -0.3 is 9.80 Å². The Kier molecular flexibility index (Phi) is 4.15. The number of aryl methyl sites for hydroxylation is 3. The molecule has 3 aromatic rings. The first-order valence-corrected chi connectivity index (χ1v) is 9.08. The van der Waals surface area contributed by atoms with Crippen LogP contribution in [-0.4, -0.2) is 46.8 Å². The van der Waals surface area contributed by atoms with E-state index in [9.17, 15) is 4.79 Å². The van der Waals surface area contributed by atoms with E-state index in [1.54, 1.807) is 4.68 Å². The molecule has 0 radical (unpaired) electrons. The molecule has 2 heterocycles. The molecule has 1 aliphatic heterocycles. The van der Waals surface area contributed by atoms with Crippen molar-refractivity contribution in [1.82, 2.24) is 14.7 Å². The number of amides is 1. The van der Waals surface area contributed by atoms with Crippen molar-refractivity contribution < 1.29 is 4.79 Å². The molecule has 1 saturated heterocycles. The summed E-state index contributed by atoms with van der Waals surface area (Å²) < 4.78 is 1.79. The minimum Gasteiger partial charge on any atom is -0.368 e. The molecular weight excluding hydrogens is 324 g/mol. The molecule has 0 bridgehead atoms. The van der Waals surface area contributed by atoms with Crippen LogP contribution in [0.2, 0.25) is 0 Å². The Hall–Kier alpha value is -2.82. The standard InChI is InChI=1S/C21H24N4O/c1-15-8-9-16(2)19(14-15)24-10-12-25(13-11-24)21(26)20-17-6-4-5-7-18(17)23(3)22-20/h4-9,14H,10-13H2,1-3H3. The molecule has 5 nitrogen and oxygen atoms in total. The van der Waals surface area contributed by atoms with E-state index in [1.807, 2.05) is 36.2 Å². The van der Waals surface area contributed by atoms with Crippen molar-refractivity contribution in [3.8, 4) is 0 Å². The van der Waals surface area contributed by atoms with E-state index in [4.69, 9.17) is 0 Å². The van der Waals surface area contributed by atoms with E-state index in [2.05, 4.69) is 42.0 Å². The summed E-state index contributed by atoms with van der Waals surface area (Å²) in [5.41, 5.74) is 5.38. The Balaban J connectivity index is 1.52. The van der Waals surface area contributed by atoms with E-state index in [1.165, 1.54) is 16.8 Å². The molecular formula is C21H24N4O. The van der Waals surface area contributed by atoms with Crippen molar-refractivity contribution in [2.75, 3.05) is 31.1 Å². The van der Waals surface area contributed by atoms with Crippen molar-refractivity contribution in [1.29, 1.82) is 0 Å². The van der Waals surface area contributed by atoms with E-state index >= 15 is 0 Å². The molecule has 0 spiro atoms. The first-order chi connectivity index (χ1) is 12.5. The van der Waals surface area contributed by atoms with Crippen LogP contribution in [0.25, 0.3) is 10.9 Å². The van der Waals surface area contributed by atoms with Gasteiger partial charge in [0.15, 0.2) is 5.69 Å². The lowest BCUT2D eigenvalue weighted by atomic mass is 10.1. The number of carbonyl (C=O) groups is 1. The largest absolute Gasteiger partial charge is 0.368 e. The summed E-state index contributed by atoms with van der Waals surface area (Å²) in [4.78, 5) is 17.3. The summed E-state index contributed by atoms with van der Waals surface area (Å²) in [6.45, 7) is 7.40. The number of nitrogens with zero attached hydrogens (tertiary/aromatic N) is 4. The maximum atomic E-state index is 13.0. The normalized spacial score (nSPS) is 14.9. The van der Waals surface area contributed by atoms with Gasteiger partial charge in [-0.05, 0) is 37.1 Å². The molecule has 1 fully saturated rings. The zero-order chi connectivity index (χ0) is 18.3. The number of rotatable bonds is 2. The molecule has 0 saturated carbocycles. The fourth-order valence-electron chi connectivity index (χ4n) is 3.73. The Morgan fingerprint density at radius 3 is 2.50 bits per heavy atom. The molecule has 0 N–H and O–H groups in total. The van der Waals surface area contributed by atoms with Gasteiger partial charge in [0.2, 0.25) is 0 Å². The van der Waals surface area contributed by atoms with Gasteiger partial charge >= 0.3 is 0 Å². The van der Waals surface area contributed by atoms with Crippen LogP contribution in [0.5, 0.6) is 0 Å². The maximum absolute atomic E-state index is 13.0. The Morgan fingerprint density at radius 1 is 1.00 bits per heavy atom. The van der Waals surface area contributed by atoms with Gasteiger partial charge in [-0.15, -0.1) is 0 Å². The van der Waals surface area contributed by atoms with E-state index in [0.717, 1.165) is 37.1 Å². The van der Waals surface area contributed by atoms with Crippen LogP contribution < -0.4 is 4.90 Å². The van der Waals surface area contributed by atoms with Gasteiger partial charge in [0.25, 0.3) is 5.91 Å². The Labute approximate surface area is 153 Å². The third-order valence-corrected chi connectivity index (χ3v) is 5.23. The number of para-hydroxylation sites is 1. The van der Waals surface area contributed by atoms with Gasteiger partial charge in [-0.1, -0.05) is 30.3 Å². The van der Waals surface area contributed by atoms with Gasteiger partial charge in [0.1, 0.15) is 0 Å². The summed E-state index contributed by atoms with van der Waals surface area (Å²) in [6, 6.07) is 14.5. The summed E-state index contributed by atoms with van der Waals surface area (Å²) in [5, 5.41) is 5.41. The highest BCUT2D eigenvalue weighted by molar-refractivity contribution is 6.04. The third-order valence-electron chi connectivity index (χ3n) is 5.23. The van der Waals surface area contributed by atoms with Crippen LogP contribution in [0.15, 0.2) is 42.5 Å². The topological polar surface area (TPSA) is 41.4 Å². The van der Waals surface area contributed by atoms with Gasteiger partial charge in [-0.2, -0.15) is 5.10 Å². The van der Waals surface area contributed by atoms with Crippen LogP contribution in [0, 0.1) is 13.8 Å². The van der Waals surface area contributed by atoms with Crippen molar-refractivity contribution in [2.24, 2.45) is 7.05 Å². The highest BCUT2D eigenvalue weighted by atomic mass is 16.2. The van der Waals surface area contributed by atoms with Crippen LogP contribution in [0.1, 0.15) is 21.6 Å². The molecule has 4 rings (SSSR count). The fourth-order valence-corrected chi connectivity index (χ4v) is 3.73. The highest BCUT2D eigenvalue weighted by Crippen LogP contribution is 2.24. The minimum absolute atomic E-state index is 0.0300. The second kappa shape index (κ2) is 6.48. The molecule has 26 heavy (non-hydrogen) atoms. The fraction of sp³-hybridized carbons (Fsp3) is 0.333. The van der Waals surface area contributed by atoms with Crippen molar-refractivity contribution >= 4 is 22.5 Å². The second-order valence-electron chi connectivity index (χ2n) is 7.06. The summed E-state index contributed by atoms with van der Waals surface area (Å²) in [5.74, 6) is 0.0300. The number of benzene rings is 2. The molecule has 134 valence electrons. The first kappa shape index (κ1) is 16.6. The SMILES string of the molecule is Cc1ccc(C)c(N2CCN(C(=O)c3nn(C)c4ccccc34)CC2)c1. The Bertz CT molecular complexity index is 967. The van der Waals surface area contributed by atoms with Crippen LogP contribution in [-0.2, 0) is 7.05 Å². The average Bonchev–Trinajstić information content (AvgIpc) is 3.00. The van der Waals surface area contributed by atoms with Crippen molar-refractivity contribution in [3.05, 3.63) is 59.3 Å². The maximum Gasteiger partial charge on any atom is 0.275 e. The van der Waals surface area contributed by atoms with Crippen molar-refractivity contribution in [2.45, 2.75) is 13.8 Å². The third kappa shape index (κ3) is 2.83. The van der Waals surface area contributed by atoms with Crippen LogP contribution in [0.4, 0.5) is 5.69 Å². The Morgan fingerprint density at radius 2 is 1.73 bits per heavy atom. The average molecular weight is 348 g/mol. The molecule has 5 heteroatoms. The number of piperazine rings is 1. The molecule has 2 aromatic carbocycles. The predicted octanol–water partition coefficient (Wildman–Crippen LogP) is 3.15. The number of carbonyl (C=O) groups excluding carboxylic acids is 1. The lowest BCUT2D eigenvalue weighted by Crippen LogP contribution is -2.49. The number of hydrogen-bond acceptors (Lipinski definition) is 3. The predicted molar refractivity (Wildman–Crippen MR) is 105 cm³/mol. The quantitative estimate of drug-likeness (QED) is 0.714. The monoisotopic (exact) mass is 348 g/mol. The zero-order valence-electron chi connectivity index (χ0n) is 15.6. The van der Waals surface area contributed by atoms with Crippen LogP contribution >= 0.6 is 0 Å². The van der Waals surface area contributed by atoms with Crippen LogP contribution in [0.3, 0.4) is 0 Å². The summed E-state index contributed by atoms with van der Waals surface area (Å²) in [7, 11) is 1.89. The van der Waals surface area contributed by atoms with E-state index < -0.39 is 0 Å². The van der Waals surface area contributed by atoms with Gasteiger partial charge in [-0.3, -0.25) is 9.48 Å². The zero-order valence-corrected chi connectivity index (χ0v) is 15.6. The smallest absolute Gasteiger partial charge is 0.275 e. The molecule has 0 aliphatic carbocycles. The van der Waals surface area contributed by atoms with E-state index in [-0.39, 0.29) is 5.91 Å². The molecule has 0 atom stereocenters.